The fourth-order valence-corrected chi connectivity index (χ4v) is 5.74. The van der Waals surface area contributed by atoms with Gasteiger partial charge in [-0.15, -0.1) is 0 Å². The molecule has 2 amide bonds. The van der Waals surface area contributed by atoms with Crippen LogP contribution in [0.15, 0.2) is 41.3 Å². The summed E-state index contributed by atoms with van der Waals surface area (Å²) in [6, 6.07) is 6.30. The Morgan fingerprint density at radius 2 is 1.89 bits per heavy atom. The predicted octanol–water partition coefficient (Wildman–Crippen LogP) is 2.86. The molecule has 1 aromatic carbocycles. The van der Waals surface area contributed by atoms with E-state index < -0.39 is 29.5 Å². The third-order valence-corrected chi connectivity index (χ3v) is 7.71. The molecule has 0 bridgehead atoms. The first-order chi connectivity index (χ1) is 17.9. The van der Waals surface area contributed by atoms with Crippen LogP contribution in [0.3, 0.4) is 0 Å². The van der Waals surface area contributed by atoms with E-state index in [0.717, 1.165) is 11.6 Å². The van der Waals surface area contributed by atoms with Gasteiger partial charge in [0, 0.05) is 38.4 Å². The molecule has 3 aromatic rings. The molecule has 1 saturated carbocycles. The van der Waals surface area contributed by atoms with Crippen LogP contribution < -0.4 is 11.0 Å². The van der Waals surface area contributed by atoms with Crippen molar-refractivity contribution >= 4 is 23.0 Å². The van der Waals surface area contributed by atoms with Crippen LogP contribution >= 0.6 is 0 Å². The maximum Gasteiger partial charge on any atom is 0.327 e. The molecule has 9 nitrogen and oxygen atoms in total. The van der Waals surface area contributed by atoms with Gasteiger partial charge in [-0.05, 0) is 61.3 Å². The van der Waals surface area contributed by atoms with Crippen molar-refractivity contribution in [3.63, 3.8) is 0 Å². The van der Waals surface area contributed by atoms with Crippen LogP contribution in [0.1, 0.15) is 49.6 Å². The number of nitrogens with zero attached hydrogens (tertiary/aromatic N) is 3. The summed E-state index contributed by atoms with van der Waals surface area (Å²) in [5.41, 5.74) is 1.16. The Balaban J connectivity index is 1.23. The van der Waals surface area contributed by atoms with Crippen LogP contribution in [0.5, 0.6) is 0 Å². The van der Waals surface area contributed by atoms with Crippen molar-refractivity contribution in [3.8, 4) is 0 Å². The number of H-pyrrole nitrogens is 1. The number of piperidine rings is 1. The molecule has 11 heteroatoms. The molecule has 1 unspecified atom stereocenters. The Bertz CT molecular complexity index is 1360. The maximum absolute atomic E-state index is 14.5. The van der Waals surface area contributed by atoms with Gasteiger partial charge in [-0.2, -0.15) is 0 Å². The van der Waals surface area contributed by atoms with Gasteiger partial charge in [-0.3, -0.25) is 14.3 Å². The van der Waals surface area contributed by atoms with Crippen molar-refractivity contribution in [1.82, 2.24) is 24.8 Å². The zero-order chi connectivity index (χ0) is 26.1. The lowest BCUT2D eigenvalue weighted by molar-refractivity contribution is -0.121. The van der Waals surface area contributed by atoms with E-state index in [1.54, 1.807) is 21.7 Å². The lowest BCUT2D eigenvalue weighted by Gasteiger charge is -2.33. The molecule has 2 aromatic heterocycles. The number of benzene rings is 1. The van der Waals surface area contributed by atoms with Crippen molar-refractivity contribution in [2.45, 2.75) is 50.1 Å². The quantitative estimate of drug-likeness (QED) is 0.464. The van der Waals surface area contributed by atoms with E-state index in [-0.39, 0.29) is 48.6 Å². The summed E-state index contributed by atoms with van der Waals surface area (Å²) in [7, 11) is 0. The molecular weight excluding hydrogens is 484 g/mol. The number of hydrogen-bond donors (Lipinski definition) is 3. The molecule has 2 aliphatic rings. The summed E-state index contributed by atoms with van der Waals surface area (Å²) in [5, 5.41) is 12.7. The molecule has 37 heavy (non-hydrogen) atoms. The third-order valence-electron chi connectivity index (χ3n) is 7.71. The number of urea groups is 1. The van der Waals surface area contributed by atoms with E-state index in [4.69, 9.17) is 0 Å². The van der Waals surface area contributed by atoms with E-state index in [2.05, 4.69) is 15.3 Å². The maximum atomic E-state index is 14.5. The fourth-order valence-electron chi connectivity index (χ4n) is 5.74. The van der Waals surface area contributed by atoms with E-state index in [0.29, 0.717) is 38.0 Å². The van der Waals surface area contributed by atoms with Gasteiger partial charge in [-0.25, -0.2) is 23.4 Å². The van der Waals surface area contributed by atoms with Crippen LogP contribution in [0.2, 0.25) is 0 Å². The summed E-state index contributed by atoms with van der Waals surface area (Å²) in [6.07, 6.45) is 3.30. The second-order valence-corrected chi connectivity index (χ2v) is 9.83. The summed E-state index contributed by atoms with van der Waals surface area (Å²) in [6.45, 7) is 0.476. The molecule has 1 aliphatic heterocycles. The monoisotopic (exact) mass is 513 g/mol. The Morgan fingerprint density at radius 3 is 2.65 bits per heavy atom. The molecule has 3 N–H and O–H groups in total. The second kappa shape index (κ2) is 10.4. The molecule has 2 fully saturated rings. The number of carbonyl (C=O) groups excluding carboxylic acids is 2. The molecule has 3 atom stereocenters. The molecular formula is C26H29F2N5O4. The molecule has 1 saturated heterocycles. The average Bonchev–Trinajstić information content (AvgIpc) is 3.16. The summed E-state index contributed by atoms with van der Waals surface area (Å²) < 4.78 is 30.0. The van der Waals surface area contributed by atoms with Gasteiger partial charge in [0.2, 0.25) is 0 Å². The van der Waals surface area contributed by atoms with Gasteiger partial charge in [0.25, 0.3) is 0 Å². The molecule has 3 heterocycles. The first-order valence-electron chi connectivity index (χ1n) is 12.6. The minimum atomic E-state index is -0.968. The van der Waals surface area contributed by atoms with E-state index in [1.807, 2.05) is 6.07 Å². The number of halogens is 2. The summed E-state index contributed by atoms with van der Waals surface area (Å²) in [5.74, 6) is -3.27. The van der Waals surface area contributed by atoms with Gasteiger partial charge >= 0.3 is 11.7 Å². The predicted molar refractivity (Wildman–Crippen MR) is 131 cm³/mol. The number of rotatable bonds is 4. The number of nitrogens with one attached hydrogen (secondary N) is 2. The Morgan fingerprint density at radius 1 is 1.11 bits per heavy atom. The van der Waals surface area contributed by atoms with Crippen molar-refractivity contribution in [2.24, 2.45) is 5.92 Å². The number of Topliss-reactive ketones (excluding diaryl/α,β-unsaturated/α-hetero) is 1. The number of aliphatic hydroxyl groups is 1. The second-order valence-electron chi connectivity index (χ2n) is 9.83. The average molecular weight is 514 g/mol. The van der Waals surface area contributed by atoms with Crippen molar-refractivity contribution in [2.75, 3.05) is 19.7 Å². The van der Waals surface area contributed by atoms with Gasteiger partial charge in [0.15, 0.2) is 23.1 Å². The lowest BCUT2D eigenvalue weighted by Crippen LogP contribution is -2.50. The molecule has 196 valence electrons. The number of aromatic nitrogens is 3. The highest BCUT2D eigenvalue weighted by Gasteiger charge is 2.36. The number of fused-ring (bicyclic) bond motifs is 1. The number of pyridine rings is 1. The largest absolute Gasteiger partial charge is 0.396 e. The summed E-state index contributed by atoms with van der Waals surface area (Å²) >= 11 is 0. The van der Waals surface area contributed by atoms with E-state index in [1.165, 1.54) is 12.1 Å². The smallest absolute Gasteiger partial charge is 0.327 e. The van der Waals surface area contributed by atoms with Crippen molar-refractivity contribution in [3.05, 3.63) is 64.2 Å². The van der Waals surface area contributed by atoms with Gasteiger partial charge in [-0.1, -0.05) is 12.1 Å². The zero-order valence-electron chi connectivity index (χ0n) is 20.2. The number of imidazole rings is 1. The van der Waals surface area contributed by atoms with Gasteiger partial charge < -0.3 is 15.3 Å². The lowest BCUT2D eigenvalue weighted by atomic mass is 9.82. The molecule has 5 rings (SSSR count). The van der Waals surface area contributed by atoms with Crippen LogP contribution in [-0.2, 0) is 4.79 Å². The summed E-state index contributed by atoms with van der Waals surface area (Å²) in [4.78, 5) is 47.0. The highest BCUT2D eigenvalue weighted by Crippen LogP contribution is 2.37. The van der Waals surface area contributed by atoms with Crippen LogP contribution in [0, 0.1) is 17.6 Å². The Kier molecular flexibility index (Phi) is 7.05. The van der Waals surface area contributed by atoms with Crippen LogP contribution in [-0.4, -0.2) is 62.1 Å². The zero-order valence-corrected chi connectivity index (χ0v) is 20.2. The minimum Gasteiger partial charge on any atom is -0.396 e. The SMILES string of the molecule is O=C1CC(CO)[C@H](c2cccc(F)c2F)CC[C@H]1NC(=O)N1CCC(n2c(=O)[nH]c3ncccc32)CC1. The highest BCUT2D eigenvalue weighted by molar-refractivity contribution is 5.89. The standard InChI is InChI=1S/C26H29F2N5O4/c27-19-4-1-3-18(23(19)28)17-6-7-20(22(35)13-15(17)14-34)30-25(36)32-11-8-16(9-12-32)33-21-5-2-10-29-24(21)31-26(33)37/h1-5,10,15-17,20,34H,6-9,11-14H2,(H,30,36)(H,29,31,37)/t15?,17-,20-/m1/s1. The molecule has 0 spiro atoms. The Labute approximate surface area is 211 Å². The topological polar surface area (TPSA) is 120 Å². The number of amides is 2. The van der Waals surface area contributed by atoms with Gasteiger partial charge in [0.1, 0.15) is 0 Å². The fraction of sp³-hybridized carbons (Fsp3) is 0.462. The molecule has 1 aliphatic carbocycles. The normalized spacial score (nSPS) is 23.3. The van der Waals surface area contributed by atoms with E-state index >= 15 is 0 Å². The van der Waals surface area contributed by atoms with Gasteiger partial charge in [0.05, 0.1) is 11.6 Å². The number of hydrogen-bond acceptors (Lipinski definition) is 5. The highest BCUT2D eigenvalue weighted by atomic mass is 19.2. The minimum absolute atomic E-state index is 0.0400. The number of aromatic amines is 1. The van der Waals surface area contributed by atoms with Crippen molar-refractivity contribution in [1.29, 1.82) is 0 Å². The number of aliphatic hydroxyl groups excluding tert-OH is 1. The third kappa shape index (κ3) is 4.87. The first kappa shape index (κ1) is 25.1. The number of carbonyl (C=O) groups is 2. The number of likely N-dealkylation sites (tertiary alicyclic amines) is 1. The van der Waals surface area contributed by atoms with Crippen molar-refractivity contribution < 1.29 is 23.5 Å². The first-order valence-corrected chi connectivity index (χ1v) is 12.6. The van der Waals surface area contributed by atoms with Crippen LogP contribution in [0.25, 0.3) is 11.2 Å². The van der Waals surface area contributed by atoms with Crippen LogP contribution in [0.4, 0.5) is 13.6 Å². The molecule has 0 radical (unpaired) electrons. The number of ketones is 1. The van der Waals surface area contributed by atoms with E-state index in [9.17, 15) is 28.3 Å². The Hall–Kier alpha value is -3.60.